The predicted octanol–water partition coefficient (Wildman–Crippen LogP) is 3.26. The van der Waals surface area contributed by atoms with Crippen molar-refractivity contribution in [2.24, 2.45) is 0 Å². The van der Waals surface area contributed by atoms with Gasteiger partial charge in [0, 0.05) is 0 Å². The second-order valence-corrected chi connectivity index (χ2v) is 4.70. The van der Waals surface area contributed by atoms with E-state index >= 15 is 0 Å². The van der Waals surface area contributed by atoms with E-state index in [2.05, 4.69) is 19.6 Å². The van der Waals surface area contributed by atoms with Gasteiger partial charge in [-0.15, -0.1) is 0 Å². The molecule has 0 aliphatic heterocycles. The molecule has 17 heavy (non-hydrogen) atoms. The number of benzene rings is 1. The molecule has 0 aromatic heterocycles. The number of hydrogen-bond acceptors (Lipinski definition) is 3. The molecule has 0 aliphatic carbocycles. The summed E-state index contributed by atoms with van der Waals surface area (Å²) in [6, 6.07) is 9.87. The van der Waals surface area contributed by atoms with Gasteiger partial charge in [0.25, 0.3) is 0 Å². The molecular formula is C14H20O2S. The third-order valence-electron chi connectivity index (χ3n) is 2.54. The Kier molecular flexibility index (Phi) is 6.78. The Hall–Kier alpha value is -0.960. The van der Waals surface area contributed by atoms with Gasteiger partial charge in [0.2, 0.25) is 0 Å². The van der Waals surface area contributed by atoms with E-state index < -0.39 is 0 Å². The molecule has 0 bridgehead atoms. The number of carbonyl (C=O) groups is 1. The maximum absolute atomic E-state index is 11.6. The molecule has 0 amide bonds. The fourth-order valence-corrected chi connectivity index (χ4v) is 1.83. The summed E-state index contributed by atoms with van der Waals surface area (Å²) in [4.78, 5) is 11.6. The topological polar surface area (TPSA) is 26.3 Å². The summed E-state index contributed by atoms with van der Waals surface area (Å²) in [6.45, 7) is 2.64. The third kappa shape index (κ3) is 5.78. The third-order valence-corrected chi connectivity index (χ3v) is 2.93. The molecule has 0 radical (unpaired) electrons. The molecule has 3 heteroatoms. The van der Waals surface area contributed by atoms with E-state index in [1.165, 1.54) is 0 Å². The fraction of sp³-hybridized carbons (Fsp3) is 0.500. The van der Waals surface area contributed by atoms with Crippen LogP contribution in [0.4, 0.5) is 0 Å². The second-order valence-electron chi connectivity index (χ2n) is 4.08. The first-order chi connectivity index (χ1) is 8.24. The minimum Gasteiger partial charge on any atom is -0.465 e. The van der Waals surface area contributed by atoms with Crippen LogP contribution in [-0.4, -0.2) is 17.8 Å². The minimum absolute atomic E-state index is 0.215. The van der Waals surface area contributed by atoms with E-state index in [0.29, 0.717) is 13.0 Å². The van der Waals surface area contributed by atoms with Gasteiger partial charge in [-0.1, -0.05) is 50.1 Å². The van der Waals surface area contributed by atoms with Crippen LogP contribution in [0.5, 0.6) is 0 Å². The van der Waals surface area contributed by atoms with Gasteiger partial charge in [-0.2, -0.15) is 12.6 Å². The molecule has 1 unspecified atom stereocenters. The van der Waals surface area contributed by atoms with Crippen LogP contribution in [0.2, 0.25) is 0 Å². The van der Waals surface area contributed by atoms with Crippen molar-refractivity contribution in [1.82, 2.24) is 0 Å². The van der Waals surface area contributed by atoms with E-state index in [0.717, 1.165) is 24.8 Å². The molecular weight excluding hydrogens is 232 g/mol. The fourth-order valence-electron chi connectivity index (χ4n) is 1.54. The molecule has 1 rings (SSSR count). The van der Waals surface area contributed by atoms with E-state index in [-0.39, 0.29) is 11.2 Å². The van der Waals surface area contributed by atoms with Crippen LogP contribution < -0.4 is 0 Å². The highest BCUT2D eigenvalue weighted by Crippen LogP contribution is 2.09. The first-order valence-electron chi connectivity index (χ1n) is 6.12. The molecule has 0 saturated carbocycles. The number of ether oxygens (including phenoxy) is 1. The molecule has 0 spiro atoms. The Bertz CT molecular complexity index is 324. The number of unbranched alkanes of at least 4 members (excludes halogenated alkanes) is 2. The monoisotopic (exact) mass is 252 g/mol. The highest BCUT2D eigenvalue weighted by molar-refractivity contribution is 7.81. The van der Waals surface area contributed by atoms with Crippen LogP contribution in [-0.2, 0) is 16.0 Å². The zero-order chi connectivity index (χ0) is 12.5. The highest BCUT2D eigenvalue weighted by Gasteiger charge is 2.15. The average Bonchev–Trinajstić information content (AvgIpc) is 2.35. The second kappa shape index (κ2) is 8.18. The number of carbonyl (C=O) groups excluding carboxylic acids is 1. The summed E-state index contributed by atoms with van der Waals surface area (Å²) in [7, 11) is 0. The molecule has 94 valence electrons. The lowest BCUT2D eigenvalue weighted by Gasteiger charge is -2.10. The van der Waals surface area contributed by atoms with E-state index in [4.69, 9.17) is 4.74 Å². The first-order valence-corrected chi connectivity index (χ1v) is 6.64. The van der Waals surface area contributed by atoms with Crippen molar-refractivity contribution in [3.05, 3.63) is 35.9 Å². The van der Waals surface area contributed by atoms with Crippen molar-refractivity contribution < 1.29 is 9.53 Å². The summed E-state index contributed by atoms with van der Waals surface area (Å²) < 4.78 is 5.16. The molecule has 0 heterocycles. The molecule has 2 nitrogen and oxygen atoms in total. The van der Waals surface area contributed by atoms with E-state index in [1.807, 2.05) is 30.3 Å². The van der Waals surface area contributed by atoms with Gasteiger partial charge in [-0.3, -0.25) is 4.79 Å². The summed E-state index contributed by atoms with van der Waals surface area (Å²) >= 11 is 4.29. The lowest BCUT2D eigenvalue weighted by atomic mass is 10.1. The standard InChI is InChI=1S/C14H20O2S/c1-2-3-7-10-16-14(15)13(17)11-12-8-5-4-6-9-12/h4-6,8-9,13,17H,2-3,7,10-11H2,1H3. The van der Waals surface area contributed by atoms with Gasteiger partial charge < -0.3 is 4.74 Å². The van der Waals surface area contributed by atoms with Crippen LogP contribution in [0.15, 0.2) is 30.3 Å². The quantitative estimate of drug-likeness (QED) is 0.458. The Morgan fingerprint density at radius 1 is 1.29 bits per heavy atom. The van der Waals surface area contributed by atoms with Crippen molar-refractivity contribution in [2.45, 2.75) is 37.9 Å². The lowest BCUT2D eigenvalue weighted by Crippen LogP contribution is -2.20. The van der Waals surface area contributed by atoms with Gasteiger partial charge in [0.1, 0.15) is 5.25 Å². The average molecular weight is 252 g/mol. The van der Waals surface area contributed by atoms with Gasteiger partial charge in [-0.25, -0.2) is 0 Å². The summed E-state index contributed by atoms with van der Waals surface area (Å²) in [5, 5.41) is -0.362. The Morgan fingerprint density at radius 3 is 2.65 bits per heavy atom. The van der Waals surface area contributed by atoms with Crippen LogP contribution in [0.1, 0.15) is 31.7 Å². The molecule has 0 aliphatic rings. The van der Waals surface area contributed by atoms with Crippen LogP contribution in [0.3, 0.4) is 0 Å². The van der Waals surface area contributed by atoms with Crippen molar-refractivity contribution in [3.8, 4) is 0 Å². The van der Waals surface area contributed by atoms with Crippen molar-refractivity contribution >= 4 is 18.6 Å². The zero-order valence-corrected chi connectivity index (χ0v) is 11.2. The van der Waals surface area contributed by atoms with Gasteiger partial charge in [-0.05, 0) is 18.4 Å². The Morgan fingerprint density at radius 2 is 2.00 bits per heavy atom. The van der Waals surface area contributed by atoms with Crippen LogP contribution in [0.25, 0.3) is 0 Å². The van der Waals surface area contributed by atoms with Crippen LogP contribution in [0, 0.1) is 0 Å². The zero-order valence-electron chi connectivity index (χ0n) is 10.3. The maximum Gasteiger partial charge on any atom is 0.319 e. The summed E-state index contributed by atoms with van der Waals surface area (Å²) in [5.74, 6) is -0.215. The molecule has 1 aromatic rings. The number of esters is 1. The maximum atomic E-state index is 11.6. The number of thiol groups is 1. The normalized spacial score (nSPS) is 12.1. The molecule has 0 saturated heterocycles. The van der Waals surface area contributed by atoms with Gasteiger partial charge >= 0.3 is 5.97 Å². The smallest absolute Gasteiger partial charge is 0.319 e. The predicted molar refractivity (Wildman–Crippen MR) is 73.4 cm³/mol. The highest BCUT2D eigenvalue weighted by atomic mass is 32.1. The lowest BCUT2D eigenvalue weighted by molar-refractivity contribution is -0.143. The molecule has 1 aromatic carbocycles. The minimum atomic E-state index is -0.362. The SMILES string of the molecule is CCCCCOC(=O)C(S)Cc1ccccc1. The Labute approximate surface area is 109 Å². The molecule has 1 atom stereocenters. The van der Waals surface area contributed by atoms with E-state index in [1.54, 1.807) is 0 Å². The van der Waals surface area contributed by atoms with Crippen LogP contribution >= 0.6 is 12.6 Å². The molecule has 0 fully saturated rings. The number of hydrogen-bond donors (Lipinski definition) is 1. The largest absolute Gasteiger partial charge is 0.465 e. The van der Waals surface area contributed by atoms with Crippen molar-refractivity contribution in [3.63, 3.8) is 0 Å². The first kappa shape index (κ1) is 14.1. The molecule has 0 N–H and O–H groups in total. The van der Waals surface area contributed by atoms with E-state index in [9.17, 15) is 4.79 Å². The number of rotatable bonds is 7. The van der Waals surface area contributed by atoms with Crippen molar-refractivity contribution in [1.29, 1.82) is 0 Å². The summed E-state index contributed by atoms with van der Waals surface area (Å²) in [6.07, 6.45) is 3.79. The van der Waals surface area contributed by atoms with Crippen molar-refractivity contribution in [2.75, 3.05) is 6.61 Å². The van der Waals surface area contributed by atoms with Gasteiger partial charge in [0.05, 0.1) is 6.61 Å². The van der Waals surface area contributed by atoms with Gasteiger partial charge in [0.15, 0.2) is 0 Å². The summed E-state index contributed by atoms with van der Waals surface area (Å²) in [5.41, 5.74) is 1.11. The Balaban J connectivity index is 2.27.